The molecule has 1 heterocycles. The highest BCUT2D eigenvalue weighted by atomic mass is 16.6. The number of nitrogens with two attached hydrogens (primary N) is 1. The molecule has 1 aromatic carbocycles. The zero-order valence-corrected chi connectivity index (χ0v) is 11.5. The maximum atomic E-state index is 10.7. The van der Waals surface area contributed by atoms with Crippen molar-refractivity contribution in [1.82, 2.24) is 4.98 Å². The van der Waals surface area contributed by atoms with Gasteiger partial charge in [0.15, 0.2) is 5.58 Å². The molecule has 2 rings (SSSR count). The quantitative estimate of drug-likeness (QED) is 0.621. The molecule has 0 unspecified atom stereocenters. The lowest BCUT2D eigenvalue weighted by atomic mass is 9.94. The summed E-state index contributed by atoms with van der Waals surface area (Å²) in [6, 6.07) is 4.66. The summed E-state index contributed by atoms with van der Waals surface area (Å²) in [5.41, 5.74) is 6.81. The lowest BCUT2D eigenvalue weighted by Crippen LogP contribution is -2.45. The number of anilines is 1. The fourth-order valence-corrected chi connectivity index (χ4v) is 1.85. The Morgan fingerprint density at radius 1 is 1.45 bits per heavy atom. The Bertz CT molecular complexity index is 619. The van der Waals surface area contributed by atoms with Crippen LogP contribution in [0.25, 0.3) is 11.1 Å². The van der Waals surface area contributed by atoms with Crippen LogP contribution < -0.4 is 11.1 Å². The normalized spacial score (nSPS) is 11.8. The molecule has 0 saturated carbocycles. The van der Waals surface area contributed by atoms with Gasteiger partial charge in [0.1, 0.15) is 5.52 Å². The van der Waals surface area contributed by atoms with Gasteiger partial charge in [-0.25, -0.2) is 0 Å². The Labute approximate surface area is 116 Å². The van der Waals surface area contributed by atoms with Crippen LogP contribution in [-0.2, 0) is 0 Å². The number of aromatic nitrogens is 1. The molecule has 0 aliphatic rings. The second-order valence-electron chi connectivity index (χ2n) is 4.85. The molecule has 1 aromatic heterocycles. The minimum atomic E-state index is -0.464. The van der Waals surface area contributed by atoms with Gasteiger partial charge >= 0.3 is 0 Å². The molecule has 0 amide bonds. The van der Waals surface area contributed by atoms with E-state index in [1.165, 1.54) is 12.1 Å². The predicted octanol–water partition coefficient (Wildman–Crippen LogP) is 2.67. The lowest BCUT2D eigenvalue weighted by Gasteiger charge is -2.26. The van der Waals surface area contributed by atoms with Gasteiger partial charge in [0, 0.05) is 18.2 Å². The van der Waals surface area contributed by atoms with Crippen molar-refractivity contribution >= 4 is 22.8 Å². The van der Waals surface area contributed by atoms with Crippen LogP contribution in [0.2, 0.25) is 0 Å². The Balaban J connectivity index is 2.18. The van der Waals surface area contributed by atoms with Gasteiger partial charge in [0.05, 0.1) is 11.0 Å². The van der Waals surface area contributed by atoms with E-state index in [-0.39, 0.29) is 11.2 Å². The second-order valence-corrected chi connectivity index (χ2v) is 4.85. The van der Waals surface area contributed by atoms with Crippen molar-refractivity contribution < 1.29 is 9.34 Å². The van der Waals surface area contributed by atoms with Gasteiger partial charge in [0.2, 0.25) is 0 Å². The number of nitrogens with one attached hydrogen (secondary N) is 1. The van der Waals surface area contributed by atoms with Gasteiger partial charge in [-0.15, -0.1) is 0 Å². The van der Waals surface area contributed by atoms with Gasteiger partial charge in [-0.05, 0) is 18.9 Å². The van der Waals surface area contributed by atoms with Crippen LogP contribution in [-0.4, -0.2) is 22.0 Å². The molecule has 108 valence electrons. The highest BCUT2D eigenvalue weighted by Crippen LogP contribution is 2.24. The topological polar surface area (TPSA) is 107 Å². The predicted molar refractivity (Wildman–Crippen MR) is 76.7 cm³/mol. The summed E-state index contributed by atoms with van der Waals surface area (Å²) in [6.45, 7) is 4.59. The molecule has 0 spiro atoms. The lowest BCUT2D eigenvalue weighted by molar-refractivity contribution is -0.384. The van der Waals surface area contributed by atoms with Crippen molar-refractivity contribution in [3.05, 3.63) is 28.3 Å². The largest absolute Gasteiger partial charge is 0.423 e. The number of non-ortho nitro benzene ring substituents is 1. The molecule has 20 heavy (non-hydrogen) atoms. The summed E-state index contributed by atoms with van der Waals surface area (Å²) in [7, 11) is 0. The fraction of sp³-hybridized carbons (Fsp3) is 0.462. The number of nitrogens with zero attached hydrogens (tertiary/aromatic N) is 2. The number of rotatable bonds is 6. The van der Waals surface area contributed by atoms with E-state index in [1.807, 2.05) is 13.8 Å². The summed E-state index contributed by atoms with van der Waals surface area (Å²) < 4.78 is 5.46. The summed E-state index contributed by atoms with van der Waals surface area (Å²) >= 11 is 0. The first-order valence-electron chi connectivity index (χ1n) is 6.55. The first-order valence-corrected chi connectivity index (χ1v) is 6.55. The van der Waals surface area contributed by atoms with E-state index in [1.54, 1.807) is 6.07 Å². The van der Waals surface area contributed by atoms with E-state index in [0.29, 0.717) is 23.7 Å². The molecule has 0 aliphatic heterocycles. The average molecular weight is 278 g/mol. The summed E-state index contributed by atoms with van der Waals surface area (Å²) in [6.07, 6.45) is 1.67. The Hall–Kier alpha value is -2.15. The van der Waals surface area contributed by atoms with Crippen molar-refractivity contribution in [3.63, 3.8) is 0 Å². The molecule has 0 bridgehead atoms. The van der Waals surface area contributed by atoms with E-state index in [0.717, 1.165) is 12.8 Å². The highest BCUT2D eigenvalue weighted by molar-refractivity contribution is 5.77. The van der Waals surface area contributed by atoms with E-state index in [2.05, 4.69) is 10.3 Å². The van der Waals surface area contributed by atoms with Crippen molar-refractivity contribution in [2.45, 2.75) is 32.2 Å². The number of nitro groups is 1. The highest BCUT2D eigenvalue weighted by Gasteiger charge is 2.21. The van der Waals surface area contributed by atoms with Gasteiger partial charge in [-0.3, -0.25) is 10.1 Å². The summed E-state index contributed by atoms with van der Waals surface area (Å²) in [5, 5.41) is 13.8. The molecule has 0 aliphatic carbocycles. The third-order valence-corrected chi connectivity index (χ3v) is 3.58. The molecule has 0 saturated heterocycles. The SMILES string of the molecule is CCC(N)(CC)CNc1nc2ccc([N+](=O)[O-])cc2o1. The molecule has 2 aromatic rings. The van der Waals surface area contributed by atoms with Crippen LogP contribution >= 0.6 is 0 Å². The molecular formula is C13H18N4O3. The number of hydrogen-bond acceptors (Lipinski definition) is 6. The van der Waals surface area contributed by atoms with Crippen LogP contribution in [0, 0.1) is 10.1 Å². The van der Waals surface area contributed by atoms with Gasteiger partial charge in [-0.2, -0.15) is 4.98 Å². The minimum absolute atomic E-state index is 0.0181. The summed E-state index contributed by atoms with van der Waals surface area (Å²) in [4.78, 5) is 14.5. The Morgan fingerprint density at radius 3 is 2.75 bits per heavy atom. The smallest absolute Gasteiger partial charge is 0.295 e. The third kappa shape index (κ3) is 2.88. The van der Waals surface area contributed by atoms with Crippen molar-refractivity contribution in [3.8, 4) is 0 Å². The number of nitro benzene ring substituents is 1. The van der Waals surface area contributed by atoms with Crippen molar-refractivity contribution in [2.75, 3.05) is 11.9 Å². The fourth-order valence-electron chi connectivity index (χ4n) is 1.85. The molecular weight excluding hydrogens is 260 g/mol. The standard InChI is InChI=1S/C13H18N4O3/c1-3-13(14,4-2)8-15-12-16-10-6-5-9(17(18)19)7-11(10)20-12/h5-7H,3-4,8,14H2,1-2H3,(H,15,16). The number of hydrogen-bond donors (Lipinski definition) is 2. The van der Waals surface area contributed by atoms with Crippen molar-refractivity contribution in [1.29, 1.82) is 0 Å². The molecule has 3 N–H and O–H groups in total. The maximum Gasteiger partial charge on any atom is 0.295 e. The molecule has 0 atom stereocenters. The monoisotopic (exact) mass is 278 g/mol. The first-order chi connectivity index (χ1) is 9.47. The van der Waals surface area contributed by atoms with Crippen molar-refractivity contribution in [2.24, 2.45) is 5.73 Å². The Kier molecular flexibility index (Phi) is 3.89. The van der Waals surface area contributed by atoms with Crippen LogP contribution in [0.15, 0.2) is 22.6 Å². The molecule has 7 heteroatoms. The van der Waals surface area contributed by atoms with E-state index >= 15 is 0 Å². The van der Waals surface area contributed by atoms with Gasteiger partial charge in [-0.1, -0.05) is 13.8 Å². The maximum absolute atomic E-state index is 10.7. The van der Waals surface area contributed by atoms with E-state index < -0.39 is 4.92 Å². The van der Waals surface area contributed by atoms with Crippen LogP contribution in [0.4, 0.5) is 11.7 Å². The van der Waals surface area contributed by atoms with E-state index in [4.69, 9.17) is 10.2 Å². The third-order valence-electron chi connectivity index (χ3n) is 3.58. The zero-order chi connectivity index (χ0) is 14.8. The number of fused-ring (bicyclic) bond motifs is 1. The van der Waals surface area contributed by atoms with Gasteiger partial charge in [0.25, 0.3) is 11.7 Å². The second kappa shape index (κ2) is 5.46. The van der Waals surface area contributed by atoms with Crippen LogP contribution in [0.5, 0.6) is 0 Å². The average Bonchev–Trinajstić information content (AvgIpc) is 2.86. The first kappa shape index (κ1) is 14.3. The number of oxazole rings is 1. The van der Waals surface area contributed by atoms with E-state index in [9.17, 15) is 10.1 Å². The molecule has 0 radical (unpaired) electrons. The van der Waals surface area contributed by atoms with Crippen LogP contribution in [0.3, 0.4) is 0 Å². The van der Waals surface area contributed by atoms with Gasteiger partial charge < -0.3 is 15.5 Å². The number of benzene rings is 1. The van der Waals surface area contributed by atoms with Crippen LogP contribution in [0.1, 0.15) is 26.7 Å². The minimum Gasteiger partial charge on any atom is -0.423 e. The molecule has 7 nitrogen and oxygen atoms in total. The Morgan fingerprint density at radius 2 is 2.15 bits per heavy atom. The zero-order valence-electron chi connectivity index (χ0n) is 11.5. The summed E-state index contributed by atoms with van der Waals surface area (Å²) in [5.74, 6) is 0. The molecule has 0 fully saturated rings.